The second-order valence-electron chi connectivity index (χ2n) is 8.10. The number of esters is 1. The minimum Gasteiger partial charge on any atom is -0.493 e. The molecule has 166 valence electrons. The van der Waals surface area contributed by atoms with Crippen molar-refractivity contribution in [1.82, 2.24) is 4.90 Å². The van der Waals surface area contributed by atoms with E-state index in [2.05, 4.69) is 17.0 Å². The Morgan fingerprint density at radius 3 is 2.22 bits per heavy atom. The molecule has 1 fully saturated rings. The van der Waals surface area contributed by atoms with Crippen molar-refractivity contribution in [2.75, 3.05) is 27.3 Å². The van der Waals surface area contributed by atoms with Crippen molar-refractivity contribution in [2.45, 2.75) is 19.1 Å². The summed E-state index contributed by atoms with van der Waals surface area (Å²) in [7, 11) is 3.10. The standard InChI is InChI=1S/C27H29NO4/c1-30-25-14-13-22(15-26(25)32-19-21-11-7-4-8-12-21)23-17-28(18-24(23)27(29)31-2)16-20-9-5-3-6-10-20/h3-15,23-24H,16-19H2,1-2H3. The summed E-state index contributed by atoms with van der Waals surface area (Å²) in [6.45, 7) is 2.70. The van der Waals surface area contributed by atoms with Crippen LogP contribution in [0.15, 0.2) is 78.9 Å². The van der Waals surface area contributed by atoms with Gasteiger partial charge in [0.1, 0.15) is 6.61 Å². The minimum atomic E-state index is -0.223. The van der Waals surface area contributed by atoms with E-state index in [4.69, 9.17) is 14.2 Å². The van der Waals surface area contributed by atoms with Gasteiger partial charge >= 0.3 is 5.97 Å². The molecule has 1 aliphatic rings. The Bertz CT molecular complexity index is 1020. The first-order valence-corrected chi connectivity index (χ1v) is 10.9. The predicted octanol–water partition coefficient (Wildman–Crippen LogP) is 4.66. The number of nitrogens with zero attached hydrogens (tertiary/aromatic N) is 1. The van der Waals surface area contributed by atoms with E-state index < -0.39 is 0 Å². The first-order valence-electron chi connectivity index (χ1n) is 10.9. The lowest BCUT2D eigenvalue weighted by Gasteiger charge is -2.19. The molecule has 4 rings (SSSR count). The molecule has 5 nitrogen and oxygen atoms in total. The molecule has 5 heteroatoms. The van der Waals surface area contributed by atoms with Gasteiger partial charge in [0.05, 0.1) is 20.1 Å². The summed E-state index contributed by atoms with van der Waals surface area (Å²) in [5, 5.41) is 0. The van der Waals surface area contributed by atoms with Crippen LogP contribution in [0.1, 0.15) is 22.6 Å². The number of hydrogen-bond donors (Lipinski definition) is 0. The Hall–Kier alpha value is -3.31. The van der Waals surface area contributed by atoms with Gasteiger partial charge in [-0.3, -0.25) is 9.69 Å². The fourth-order valence-electron chi connectivity index (χ4n) is 4.36. The van der Waals surface area contributed by atoms with Gasteiger partial charge in [0.25, 0.3) is 0 Å². The number of carbonyl (C=O) groups is 1. The summed E-state index contributed by atoms with van der Waals surface area (Å²) in [5.74, 6) is 0.987. The minimum absolute atomic E-state index is 0.0242. The monoisotopic (exact) mass is 431 g/mol. The van der Waals surface area contributed by atoms with E-state index in [1.165, 1.54) is 12.7 Å². The van der Waals surface area contributed by atoms with Gasteiger partial charge in [0.15, 0.2) is 11.5 Å². The third-order valence-electron chi connectivity index (χ3n) is 6.00. The Morgan fingerprint density at radius 2 is 1.56 bits per heavy atom. The van der Waals surface area contributed by atoms with Crippen molar-refractivity contribution in [3.8, 4) is 11.5 Å². The molecule has 3 aromatic carbocycles. The maximum atomic E-state index is 12.6. The topological polar surface area (TPSA) is 48.0 Å². The van der Waals surface area contributed by atoms with Crippen molar-refractivity contribution in [1.29, 1.82) is 0 Å². The lowest BCUT2D eigenvalue weighted by Crippen LogP contribution is -2.24. The van der Waals surface area contributed by atoms with Gasteiger partial charge in [-0.15, -0.1) is 0 Å². The first kappa shape index (κ1) is 21.9. The van der Waals surface area contributed by atoms with E-state index in [9.17, 15) is 4.79 Å². The molecule has 1 aliphatic heterocycles. The number of carbonyl (C=O) groups excluding carboxylic acids is 1. The van der Waals surface area contributed by atoms with E-state index in [0.717, 1.165) is 24.2 Å². The zero-order valence-corrected chi connectivity index (χ0v) is 18.6. The zero-order valence-electron chi connectivity index (χ0n) is 18.6. The number of methoxy groups -OCH3 is 2. The molecule has 0 N–H and O–H groups in total. The summed E-state index contributed by atoms with van der Waals surface area (Å²) in [6.07, 6.45) is 0. The third kappa shape index (κ3) is 5.11. The van der Waals surface area contributed by atoms with Gasteiger partial charge in [-0.05, 0) is 28.8 Å². The Balaban J connectivity index is 1.55. The van der Waals surface area contributed by atoms with Gasteiger partial charge in [-0.2, -0.15) is 0 Å². The number of ether oxygens (including phenoxy) is 3. The summed E-state index contributed by atoms with van der Waals surface area (Å²) >= 11 is 0. The van der Waals surface area contributed by atoms with Crippen LogP contribution >= 0.6 is 0 Å². The fraction of sp³-hybridized carbons (Fsp3) is 0.296. The van der Waals surface area contributed by atoms with E-state index in [0.29, 0.717) is 24.7 Å². The van der Waals surface area contributed by atoms with Crippen molar-refractivity contribution in [3.05, 3.63) is 95.6 Å². The SMILES string of the molecule is COC(=O)C1CN(Cc2ccccc2)CC1c1ccc(OC)c(OCc2ccccc2)c1. The quantitative estimate of drug-likeness (QED) is 0.486. The number of hydrogen-bond acceptors (Lipinski definition) is 5. The molecule has 0 aliphatic carbocycles. The van der Waals surface area contributed by atoms with Gasteiger partial charge in [0, 0.05) is 25.6 Å². The van der Waals surface area contributed by atoms with Crippen molar-refractivity contribution in [3.63, 3.8) is 0 Å². The van der Waals surface area contributed by atoms with Crippen LogP contribution in [0.4, 0.5) is 0 Å². The molecule has 3 aromatic rings. The van der Waals surface area contributed by atoms with Crippen LogP contribution in [-0.4, -0.2) is 38.2 Å². The molecule has 1 saturated heterocycles. The van der Waals surface area contributed by atoms with Crippen molar-refractivity contribution in [2.24, 2.45) is 5.92 Å². The fourth-order valence-corrected chi connectivity index (χ4v) is 4.36. The Labute approximate surface area is 189 Å². The molecule has 0 radical (unpaired) electrons. The van der Waals surface area contributed by atoms with Crippen LogP contribution in [0.5, 0.6) is 11.5 Å². The van der Waals surface area contributed by atoms with Crippen LogP contribution in [0.25, 0.3) is 0 Å². The molecule has 0 aromatic heterocycles. The van der Waals surface area contributed by atoms with Gasteiger partial charge in [0.2, 0.25) is 0 Å². The lowest BCUT2D eigenvalue weighted by atomic mass is 9.89. The maximum Gasteiger partial charge on any atom is 0.310 e. The van der Waals surface area contributed by atoms with Crippen LogP contribution in [0.3, 0.4) is 0 Å². The van der Waals surface area contributed by atoms with Gasteiger partial charge in [-0.25, -0.2) is 0 Å². The molecule has 0 saturated carbocycles. The molecule has 0 amide bonds. The van der Waals surface area contributed by atoms with Crippen LogP contribution in [0, 0.1) is 5.92 Å². The molecule has 32 heavy (non-hydrogen) atoms. The van der Waals surface area contributed by atoms with Gasteiger partial charge in [-0.1, -0.05) is 66.7 Å². The summed E-state index contributed by atoms with van der Waals surface area (Å²) in [6, 6.07) is 26.3. The smallest absolute Gasteiger partial charge is 0.310 e. The number of likely N-dealkylation sites (tertiary alicyclic amines) is 1. The van der Waals surface area contributed by atoms with E-state index in [1.54, 1.807) is 7.11 Å². The average Bonchev–Trinajstić information content (AvgIpc) is 3.27. The molecular weight excluding hydrogens is 402 g/mol. The largest absolute Gasteiger partial charge is 0.493 e. The van der Waals surface area contributed by atoms with E-state index >= 15 is 0 Å². The highest BCUT2D eigenvalue weighted by Crippen LogP contribution is 2.38. The molecule has 2 atom stereocenters. The highest BCUT2D eigenvalue weighted by Gasteiger charge is 2.39. The third-order valence-corrected chi connectivity index (χ3v) is 6.00. The molecule has 2 unspecified atom stereocenters. The highest BCUT2D eigenvalue weighted by molar-refractivity contribution is 5.74. The lowest BCUT2D eigenvalue weighted by molar-refractivity contribution is -0.145. The summed E-state index contributed by atoms with van der Waals surface area (Å²) in [5.41, 5.74) is 3.38. The zero-order chi connectivity index (χ0) is 22.3. The Morgan fingerprint density at radius 1 is 0.875 bits per heavy atom. The first-order chi connectivity index (χ1) is 15.7. The normalized spacial score (nSPS) is 18.3. The Kier molecular flexibility index (Phi) is 7.07. The van der Waals surface area contributed by atoms with Crippen molar-refractivity contribution < 1.29 is 19.0 Å². The average molecular weight is 432 g/mol. The number of rotatable bonds is 8. The maximum absolute atomic E-state index is 12.6. The van der Waals surface area contributed by atoms with E-state index in [-0.39, 0.29) is 17.8 Å². The van der Waals surface area contributed by atoms with Crippen LogP contribution in [-0.2, 0) is 22.7 Å². The van der Waals surface area contributed by atoms with Gasteiger partial charge < -0.3 is 14.2 Å². The summed E-state index contributed by atoms with van der Waals surface area (Å²) < 4.78 is 16.8. The van der Waals surface area contributed by atoms with Crippen LogP contribution in [0.2, 0.25) is 0 Å². The summed E-state index contributed by atoms with van der Waals surface area (Å²) in [4.78, 5) is 14.9. The molecule has 0 bridgehead atoms. The highest BCUT2D eigenvalue weighted by atomic mass is 16.5. The molecular formula is C27H29NO4. The molecule has 1 heterocycles. The van der Waals surface area contributed by atoms with E-state index in [1.807, 2.05) is 66.7 Å². The van der Waals surface area contributed by atoms with Crippen LogP contribution < -0.4 is 9.47 Å². The predicted molar refractivity (Wildman–Crippen MR) is 124 cm³/mol. The number of benzene rings is 3. The second kappa shape index (κ2) is 10.3. The second-order valence-corrected chi connectivity index (χ2v) is 8.10. The van der Waals surface area contributed by atoms with Crippen molar-refractivity contribution >= 4 is 5.97 Å². The molecule has 0 spiro atoms.